The van der Waals surface area contributed by atoms with Gasteiger partial charge in [0, 0.05) is 37.4 Å². The lowest BCUT2D eigenvalue weighted by Crippen LogP contribution is -2.32. The molecule has 0 radical (unpaired) electrons. The molecule has 2 atom stereocenters. The Balaban J connectivity index is 1.47. The van der Waals surface area contributed by atoms with E-state index in [9.17, 15) is 4.79 Å². The molecule has 3 aliphatic rings. The van der Waals surface area contributed by atoms with Crippen molar-refractivity contribution in [3.8, 4) is 5.69 Å². The van der Waals surface area contributed by atoms with Crippen LogP contribution in [0.5, 0.6) is 0 Å². The molecule has 1 aromatic carbocycles. The summed E-state index contributed by atoms with van der Waals surface area (Å²) in [5.74, 6) is 1.38. The molecule has 0 saturated carbocycles. The first-order valence-electron chi connectivity index (χ1n) is 9.94. The van der Waals surface area contributed by atoms with E-state index in [0.717, 1.165) is 57.5 Å². The smallest absolute Gasteiger partial charge is 0.274 e. The van der Waals surface area contributed by atoms with E-state index in [-0.39, 0.29) is 5.91 Å². The molecule has 26 heavy (non-hydrogen) atoms. The predicted molar refractivity (Wildman–Crippen MR) is 101 cm³/mol. The van der Waals surface area contributed by atoms with E-state index in [0.29, 0.717) is 17.5 Å². The molecule has 2 aliphatic heterocycles. The second-order valence-corrected chi connectivity index (χ2v) is 7.95. The number of aromatic nitrogens is 2. The number of nitrogens with one attached hydrogen (secondary N) is 1. The van der Waals surface area contributed by atoms with E-state index in [2.05, 4.69) is 36.5 Å². The van der Waals surface area contributed by atoms with Crippen molar-refractivity contribution in [2.75, 3.05) is 26.2 Å². The summed E-state index contributed by atoms with van der Waals surface area (Å²) in [6.07, 6.45) is 4.15. The van der Waals surface area contributed by atoms with Gasteiger partial charge in [-0.25, -0.2) is 4.68 Å². The van der Waals surface area contributed by atoms with Crippen molar-refractivity contribution < 1.29 is 4.79 Å². The molecule has 5 nitrogen and oxygen atoms in total. The first-order valence-corrected chi connectivity index (χ1v) is 9.94. The highest BCUT2D eigenvalue weighted by Crippen LogP contribution is 2.32. The van der Waals surface area contributed by atoms with Gasteiger partial charge in [-0.3, -0.25) is 4.79 Å². The van der Waals surface area contributed by atoms with Crippen molar-refractivity contribution in [1.82, 2.24) is 20.0 Å². The van der Waals surface area contributed by atoms with Gasteiger partial charge in [0.2, 0.25) is 0 Å². The number of carbonyl (C=O) groups is 1. The summed E-state index contributed by atoms with van der Waals surface area (Å²) in [5, 5.41) is 8.25. The van der Waals surface area contributed by atoms with Crippen LogP contribution in [0.4, 0.5) is 0 Å². The molecule has 1 aliphatic carbocycles. The van der Waals surface area contributed by atoms with Gasteiger partial charge in [-0.2, -0.15) is 5.10 Å². The third-order valence-electron chi connectivity index (χ3n) is 6.40. The molecule has 1 aromatic heterocycles. The first-order chi connectivity index (χ1) is 12.7. The fourth-order valence-corrected chi connectivity index (χ4v) is 4.87. The number of rotatable bonds is 3. The fraction of sp³-hybridized carbons (Fsp3) is 0.524. The number of fused-ring (bicyclic) bond motifs is 2. The lowest BCUT2D eigenvalue weighted by Gasteiger charge is -2.16. The minimum atomic E-state index is 0.140. The van der Waals surface area contributed by atoms with Crippen molar-refractivity contribution in [2.24, 2.45) is 11.8 Å². The van der Waals surface area contributed by atoms with E-state index >= 15 is 0 Å². The summed E-state index contributed by atoms with van der Waals surface area (Å²) in [7, 11) is 0. The second kappa shape index (κ2) is 6.23. The standard InChI is InChI=1S/C21H26N4O/c1-2-14-6-8-17(9-7-14)25-19-5-3-4-18(19)20(23-25)21(26)24-12-15-10-22-11-16(15)13-24/h6-9,15-16,22H,2-5,10-13H2,1H3/t15-,16+. The van der Waals surface area contributed by atoms with E-state index in [1.165, 1.54) is 16.8 Å². The average molecular weight is 350 g/mol. The van der Waals surface area contributed by atoms with E-state index < -0.39 is 0 Å². The van der Waals surface area contributed by atoms with E-state index in [1.54, 1.807) is 0 Å². The molecule has 2 fully saturated rings. The molecule has 0 unspecified atom stereocenters. The number of aryl methyl sites for hydroxylation is 1. The molecule has 0 bridgehead atoms. The number of carbonyl (C=O) groups excluding carboxylic acids is 1. The Hall–Kier alpha value is -2.14. The van der Waals surface area contributed by atoms with Crippen LogP contribution in [-0.4, -0.2) is 46.8 Å². The highest BCUT2D eigenvalue weighted by molar-refractivity contribution is 5.94. The number of hydrogen-bond donors (Lipinski definition) is 1. The number of benzene rings is 1. The van der Waals surface area contributed by atoms with Crippen LogP contribution >= 0.6 is 0 Å². The van der Waals surface area contributed by atoms with Crippen LogP contribution in [0.2, 0.25) is 0 Å². The van der Waals surface area contributed by atoms with Gasteiger partial charge >= 0.3 is 0 Å². The van der Waals surface area contributed by atoms with E-state index in [1.807, 2.05) is 9.58 Å². The number of hydrogen-bond acceptors (Lipinski definition) is 3. The maximum absolute atomic E-state index is 13.2. The van der Waals surface area contributed by atoms with Gasteiger partial charge in [-0.15, -0.1) is 0 Å². The molecule has 3 heterocycles. The van der Waals surface area contributed by atoms with Crippen molar-refractivity contribution in [3.05, 3.63) is 46.8 Å². The Morgan fingerprint density at radius 2 is 1.88 bits per heavy atom. The van der Waals surface area contributed by atoms with Gasteiger partial charge in [0.25, 0.3) is 5.91 Å². The van der Waals surface area contributed by atoms with Gasteiger partial charge in [-0.05, 0) is 55.2 Å². The maximum Gasteiger partial charge on any atom is 0.274 e. The number of likely N-dealkylation sites (tertiary alicyclic amines) is 1. The molecular weight excluding hydrogens is 324 g/mol. The molecule has 2 saturated heterocycles. The lowest BCUT2D eigenvalue weighted by atomic mass is 10.0. The van der Waals surface area contributed by atoms with Gasteiger partial charge in [0.1, 0.15) is 0 Å². The van der Waals surface area contributed by atoms with Crippen LogP contribution in [0, 0.1) is 11.8 Å². The second-order valence-electron chi connectivity index (χ2n) is 7.95. The highest BCUT2D eigenvalue weighted by atomic mass is 16.2. The van der Waals surface area contributed by atoms with Crippen molar-refractivity contribution in [3.63, 3.8) is 0 Å². The summed E-state index contributed by atoms with van der Waals surface area (Å²) in [6, 6.07) is 8.58. The Kier molecular flexibility index (Phi) is 3.85. The fourth-order valence-electron chi connectivity index (χ4n) is 4.87. The van der Waals surface area contributed by atoms with Crippen LogP contribution in [0.1, 0.15) is 40.7 Å². The largest absolute Gasteiger partial charge is 0.337 e. The monoisotopic (exact) mass is 350 g/mol. The van der Waals surface area contributed by atoms with Gasteiger partial charge in [0.15, 0.2) is 5.69 Å². The third kappa shape index (κ3) is 2.49. The summed E-state index contributed by atoms with van der Waals surface area (Å²) in [6.45, 7) is 6.01. The molecule has 0 spiro atoms. The quantitative estimate of drug-likeness (QED) is 0.923. The normalized spacial score (nSPS) is 24.1. The zero-order valence-corrected chi connectivity index (χ0v) is 15.4. The Bertz CT molecular complexity index is 826. The molecule has 1 amide bonds. The van der Waals surface area contributed by atoms with Crippen LogP contribution < -0.4 is 5.32 Å². The minimum Gasteiger partial charge on any atom is -0.337 e. The summed E-state index contributed by atoms with van der Waals surface area (Å²) >= 11 is 0. The minimum absolute atomic E-state index is 0.140. The van der Waals surface area contributed by atoms with Gasteiger partial charge < -0.3 is 10.2 Å². The Labute approximate surface area is 154 Å². The predicted octanol–water partition coefficient (Wildman–Crippen LogP) is 2.21. The van der Waals surface area contributed by atoms with Crippen LogP contribution in [-0.2, 0) is 19.3 Å². The third-order valence-corrected chi connectivity index (χ3v) is 6.40. The average Bonchev–Trinajstić information content (AvgIpc) is 3.40. The number of nitrogens with zero attached hydrogens (tertiary/aromatic N) is 3. The van der Waals surface area contributed by atoms with Crippen LogP contribution in [0.15, 0.2) is 24.3 Å². The highest BCUT2D eigenvalue weighted by Gasteiger charge is 2.40. The first kappa shape index (κ1) is 16.1. The maximum atomic E-state index is 13.2. The Morgan fingerprint density at radius 1 is 1.15 bits per heavy atom. The zero-order valence-electron chi connectivity index (χ0n) is 15.4. The van der Waals surface area contributed by atoms with Gasteiger partial charge in [-0.1, -0.05) is 19.1 Å². The molecule has 2 aromatic rings. The molecular formula is C21H26N4O. The van der Waals surface area contributed by atoms with Crippen molar-refractivity contribution in [1.29, 1.82) is 0 Å². The molecule has 5 heteroatoms. The topological polar surface area (TPSA) is 50.2 Å². The lowest BCUT2D eigenvalue weighted by molar-refractivity contribution is 0.0774. The van der Waals surface area contributed by atoms with E-state index in [4.69, 9.17) is 5.10 Å². The summed E-state index contributed by atoms with van der Waals surface area (Å²) < 4.78 is 2.02. The zero-order chi connectivity index (χ0) is 17.7. The Morgan fingerprint density at radius 3 is 2.58 bits per heavy atom. The summed E-state index contributed by atoms with van der Waals surface area (Å²) in [4.78, 5) is 15.3. The van der Waals surface area contributed by atoms with Crippen LogP contribution in [0.3, 0.4) is 0 Å². The van der Waals surface area contributed by atoms with Gasteiger partial charge in [0.05, 0.1) is 5.69 Å². The number of amides is 1. The molecule has 136 valence electrons. The molecule has 1 N–H and O–H groups in total. The SMILES string of the molecule is CCc1ccc(-n2nc(C(=O)N3C[C@H]4CNC[C@H]4C3)c3c2CCC3)cc1. The molecule has 5 rings (SSSR count). The summed E-state index contributed by atoms with van der Waals surface area (Å²) in [5.41, 5.74) is 5.52. The van der Waals surface area contributed by atoms with Crippen molar-refractivity contribution in [2.45, 2.75) is 32.6 Å². The van der Waals surface area contributed by atoms with Crippen molar-refractivity contribution >= 4 is 5.91 Å². The van der Waals surface area contributed by atoms with Crippen LogP contribution in [0.25, 0.3) is 5.69 Å².